The molecule has 0 unspecified atom stereocenters. The first-order chi connectivity index (χ1) is 13.2. The predicted octanol–water partition coefficient (Wildman–Crippen LogP) is -1.25. The van der Waals surface area contributed by atoms with E-state index in [9.17, 15) is 4.79 Å². The van der Waals surface area contributed by atoms with Crippen LogP contribution in [0.4, 0.5) is 5.82 Å². The number of nitrogens with zero attached hydrogens (tertiary/aromatic N) is 2. The number of halogens is 1. The first kappa shape index (κ1) is 21.2. The van der Waals surface area contributed by atoms with Gasteiger partial charge in [-0.25, -0.2) is 4.63 Å². The Morgan fingerprint density at radius 3 is 2.57 bits per heavy atom. The van der Waals surface area contributed by atoms with Gasteiger partial charge in [-0.1, -0.05) is 42.5 Å². The van der Waals surface area contributed by atoms with Gasteiger partial charge in [0.05, 0.1) is 0 Å². The molecule has 148 valence electrons. The second kappa shape index (κ2) is 10.9. The van der Waals surface area contributed by atoms with E-state index in [0.29, 0.717) is 26.2 Å². The molecule has 0 aliphatic rings. The van der Waals surface area contributed by atoms with Crippen LogP contribution in [0.3, 0.4) is 0 Å². The molecule has 0 saturated heterocycles. The highest BCUT2D eigenvalue weighted by molar-refractivity contribution is 5.95. The van der Waals surface area contributed by atoms with Crippen molar-refractivity contribution in [2.75, 3.05) is 18.8 Å². The zero-order valence-corrected chi connectivity index (χ0v) is 15.9. The second-order valence-corrected chi connectivity index (χ2v) is 5.85. The molecule has 1 aromatic heterocycles. The Bertz CT molecular complexity index is 873. The molecule has 0 aliphatic heterocycles. The average Bonchev–Trinajstić information content (AvgIpc) is 3.13. The molecule has 0 saturated carbocycles. The SMILES string of the molecule is Nc1nonc1C(=O)NCCNCc1cccc(OCc2ccccc2)c1.[Cl-]. The smallest absolute Gasteiger partial charge is 0.277 e. The summed E-state index contributed by atoms with van der Waals surface area (Å²) in [6.45, 7) is 2.21. The fraction of sp³-hybridized carbons (Fsp3) is 0.211. The second-order valence-electron chi connectivity index (χ2n) is 5.85. The maximum absolute atomic E-state index is 11.8. The molecule has 9 heteroatoms. The van der Waals surface area contributed by atoms with Gasteiger partial charge >= 0.3 is 0 Å². The maximum atomic E-state index is 11.8. The quantitative estimate of drug-likeness (QED) is 0.383. The van der Waals surface area contributed by atoms with Crippen molar-refractivity contribution < 1.29 is 26.6 Å². The molecule has 3 aromatic rings. The lowest BCUT2D eigenvalue weighted by Crippen LogP contribution is -3.00. The summed E-state index contributed by atoms with van der Waals surface area (Å²) in [6, 6.07) is 17.9. The lowest BCUT2D eigenvalue weighted by molar-refractivity contribution is -0.0000148. The van der Waals surface area contributed by atoms with Crippen LogP contribution in [0.25, 0.3) is 0 Å². The number of rotatable bonds is 9. The van der Waals surface area contributed by atoms with Gasteiger partial charge < -0.3 is 33.5 Å². The van der Waals surface area contributed by atoms with Gasteiger partial charge in [0.2, 0.25) is 11.5 Å². The fourth-order valence-corrected chi connectivity index (χ4v) is 2.42. The standard InChI is InChI=1S/C19H21N5O3.ClH/c20-18-17(23-27-24-18)19(25)22-10-9-21-12-15-7-4-8-16(11-15)26-13-14-5-2-1-3-6-14;/h1-8,11,21H,9-10,12-13H2,(H2,20,24)(H,22,25);1H/p-1. The van der Waals surface area contributed by atoms with Gasteiger partial charge in [-0.2, -0.15) is 0 Å². The van der Waals surface area contributed by atoms with Crippen molar-refractivity contribution in [3.8, 4) is 5.75 Å². The highest BCUT2D eigenvalue weighted by Gasteiger charge is 2.14. The summed E-state index contributed by atoms with van der Waals surface area (Å²) < 4.78 is 10.2. The van der Waals surface area contributed by atoms with E-state index < -0.39 is 5.91 Å². The molecule has 0 radical (unpaired) electrons. The molecular weight excluding hydrogens is 382 g/mol. The number of aromatic nitrogens is 2. The van der Waals surface area contributed by atoms with Gasteiger partial charge in [-0.3, -0.25) is 4.79 Å². The number of anilines is 1. The van der Waals surface area contributed by atoms with Gasteiger partial charge in [0, 0.05) is 19.6 Å². The highest BCUT2D eigenvalue weighted by atomic mass is 35.5. The molecular formula is C19H21ClN5O3-. The summed E-state index contributed by atoms with van der Waals surface area (Å²) in [7, 11) is 0. The van der Waals surface area contributed by atoms with E-state index in [-0.39, 0.29) is 23.9 Å². The number of nitrogens with one attached hydrogen (secondary N) is 2. The first-order valence-electron chi connectivity index (χ1n) is 8.55. The Morgan fingerprint density at radius 2 is 1.82 bits per heavy atom. The molecule has 1 heterocycles. The van der Waals surface area contributed by atoms with Crippen molar-refractivity contribution in [2.24, 2.45) is 0 Å². The van der Waals surface area contributed by atoms with Crippen LogP contribution >= 0.6 is 0 Å². The van der Waals surface area contributed by atoms with Crippen molar-refractivity contribution in [1.29, 1.82) is 0 Å². The van der Waals surface area contributed by atoms with Crippen molar-refractivity contribution in [3.63, 3.8) is 0 Å². The monoisotopic (exact) mass is 402 g/mol. The van der Waals surface area contributed by atoms with E-state index in [4.69, 9.17) is 10.5 Å². The normalized spacial score (nSPS) is 10.1. The van der Waals surface area contributed by atoms with Crippen LogP contribution in [-0.2, 0) is 13.2 Å². The van der Waals surface area contributed by atoms with Gasteiger partial charge in [0.25, 0.3) is 5.91 Å². The summed E-state index contributed by atoms with van der Waals surface area (Å²) >= 11 is 0. The van der Waals surface area contributed by atoms with E-state index >= 15 is 0 Å². The highest BCUT2D eigenvalue weighted by Crippen LogP contribution is 2.15. The third kappa shape index (κ3) is 6.26. The van der Waals surface area contributed by atoms with E-state index in [1.54, 1.807) is 0 Å². The predicted molar refractivity (Wildman–Crippen MR) is 100.0 cm³/mol. The maximum Gasteiger partial charge on any atom is 0.277 e. The molecule has 0 fully saturated rings. The zero-order chi connectivity index (χ0) is 18.9. The number of nitrogens with two attached hydrogens (primary N) is 1. The van der Waals surface area contributed by atoms with Crippen molar-refractivity contribution in [1.82, 2.24) is 20.9 Å². The summed E-state index contributed by atoms with van der Waals surface area (Å²) in [4.78, 5) is 11.8. The van der Waals surface area contributed by atoms with Crippen molar-refractivity contribution in [3.05, 3.63) is 71.4 Å². The van der Waals surface area contributed by atoms with Crippen LogP contribution in [-0.4, -0.2) is 29.3 Å². The fourth-order valence-electron chi connectivity index (χ4n) is 2.42. The number of carbonyl (C=O) groups excluding carboxylic acids is 1. The Balaban J connectivity index is 0.00000280. The Kier molecular flexibility index (Phi) is 8.26. The van der Waals surface area contributed by atoms with E-state index in [2.05, 4.69) is 25.6 Å². The van der Waals surface area contributed by atoms with Gasteiger partial charge in [-0.15, -0.1) is 0 Å². The Labute approximate surface area is 168 Å². The van der Waals surface area contributed by atoms with E-state index in [1.165, 1.54) is 0 Å². The van der Waals surface area contributed by atoms with Gasteiger partial charge in [-0.05, 0) is 33.6 Å². The number of hydrogen-bond acceptors (Lipinski definition) is 7. The van der Waals surface area contributed by atoms with Gasteiger partial charge in [0.15, 0.2) is 0 Å². The zero-order valence-electron chi connectivity index (χ0n) is 15.1. The van der Waals surface area contributed by atoms with Gasteiger partial charge in [0.1, 0.15) is 12.4 Å². The molecule has 0 atom stereocenters. The van der Waals surface area contributed by atoms with Crippen molar-refractivity contribution >= 4 is 11.7 Å². The third-order valence-corrected chi connectivity index (χ3v) is 3.79. The largest absolute Gasteiger partial charge is 1.00 e. The lowest BCUT2D eigenvalue weighted by Gasteiger charge is -2.09. The summed E-state index contributed by atoms with van der Waals surface area (Å²) in [5.41, 5.74) is 7.69. The molecule has 0 bridgehead atoms. The number of benzene rings is 2. The summed E-state index contributed by atoms with van der Waals surface area (Å²) in [5, 5.41) is 12.8. The van der Waals surface area contributed by atoms with Crippen LogP contribution in [0.5, 0.6) is 5.75 Å². The summed E-state index contributed by atoms with van der Waals surface area (Å²) in [6.07, 6.45) is 0. The molecule has 3 rings (SSSR count). The molecule has 4 N–H and O–H groups in total. The topological polar surface area (TPSA) is 115 Å². The van der Waals surface area contributed by atoms with Crippen LogP contribution < -0.4 is 33.5 Å². The molecule has 28 heavy (non-hydrogen) atoms. The minimum absolute atomic E-state index is 0. The number of nitrogen functional groups attached to an aromatic ring is 1. The number of hydrogen-bond donors (Lipinski definition) is 3. The van der Waals surface area contributed by atoms with Crippen LogP contribution in [0, 0.1) is 0 Å². The molecule has 8 nitrogen and oxygen atoms in total. The molecule has 0 spiro atoms. The van der Waals surface area contributed by atoms with Crippen LogP contribution in [0.2, 0.25) is 0 Å². The minimum Gasteiger partial charge on any atom is -1.00 e. The average molecular weight is 403 g/mol. The molecule has 2 aromatic carbocycles. The first-order valence-corrected chi connectivity index (χ1v) is 8.55. The lowest BCUT2D eigenvalue weighted by atomic mass is 10.2. The minimum atomic E-state index is -0.410. The van der Waals surface area contributed by atoms with E-state index in [1.807, 2.05) is 54.6 Å². The number of ether oxygens (including phenoxy) is 1. The third-order valence-electron chi connectivity index (χ3n) is 3.79. The number of amides is 1. The Morgan fingerprint density at radius 1 is 1.04 bits per heavy atom. The van der Waals surface area contributed by atoms with E-state index in [0.717, 1.165) is 16.9 Å². The number of carbonyl (C=O) groups is 1. The Hall–Kier alpha value is -3.10. The molecule has 0 aliphatic carbocycles. The molecule has 1 amide bonds. The summed E-state index contributed by atoms with van der Waals surface area (Å²) in [5.74, 6) is 0.389. The van der Waals surface area contributed by atoms with Crippen LogP contribution in [0.1, 0.15) is 21.6 Å². The van der Waals surface area contributed by atoms with Crippen molar-refractivity contribution in [2.45, 2.75) is 13.2 Å². The van der Waals surface area contributed by atoms with Crippen LogP contribution in [0.15, 0.2) is 59.2 Å².